The van der Waals surface area contributed by atoms with Crippen molar-refractivity contribution in [1.29, 1.82) is 0 Å². The molecule has 28 heavy (non-hydrogen) atoms. The van der Waals surface area contributed by atoms with Crippen LogP contribution in [-0.2, 0) is 28.4 Å². The Labute approximate surface area is 170 Å². The number of rotatable bonds is 7. The van der Waals surface area contributed by atoms with Gasteiger partial charge in [-0.25, -0.2) is 0 Å². The van der Waals surface area contributed by atoms with Gasteiger partial charge < -0.3 is 9.47 Å². The third-order valence-electron chi connectivity index (χ3n) is 4.58. The van der Waals surface area contributed by atoms with Crippen molar-refractivity contribution in [3.05, 3.63) is 46.7 Å². The monoisotopic (exact) mass is 428 g/mol. The average molecular weight is 429 g/mol. The second-order valence-electron chi connectivity index (χ2n) is 6.74. The molecule has 1 aromatic heterocycles. The summed E-state index contributed by atoms with van der Waals surface area (Å²) in [5.74, 6) is 0.756. The quantitative estimate of drug-likeness (QED) is 0.672. The van der Waals surface area contributed by atoms with Gasteiger partial charge in [-0.05, 0) is 30.3 Å². The van der Waals surface area contributed by atoms with Crippen molar-refractivity contribution in [2.24, 2.45) is 7.05 Å². The molecule has 0 radical (unpaired) electrons. The van der Waals surface area contributed by atoms with Crippen LogP contribution in [0, 0.1) is 0 Å². The van der Waals surface area contributed by atoms with Crippen molar-refractivity contribution < 1.29 is 17.9 Å². The largest absolute Gasteiger partial charge is 0.493 e. The van der Waals surface area contributed by atoms with E-state index in [1.807, 2.05) is 25.2 Å². The smallest absolute Gasteiger partial charge is 0.281 e. The number of ether oxygens (including phenoxy) is 2. The Morgan fingerprint density at radius 3 is 2.71 bits per heavy atom. The van der Waals surface area contributed by atoms with E-state index in [9.17, 15) is 8.42 Å². The van der Waals surface area contributed by atoms with E-state index in [0.29, 0.717) is 31.2 Å². The number of benzene rings is 1. The lowest BCUT2D eigenvalue weighted by Gasteiger charge is -2.32. The highest BCUT2D eigenvalue weighted by Gasteiger charge is 2.32. The van der Waals surface area contributed by atoms with E-state index in [2.05, 4.69) is 5.10 Å². The first-order valence-electron chi connectivity index (χ1n) is 8.98. The van der Waals surface area contributed by atoms with E-state index in [1.165, 1.54) is 22.7 Å². The van der Waals surface area contributed by atoms with E-state index in [1.54, 1.807) is 16.8 Å². The van der Waals surface area contributed by atoms with Gasteiger partial charge in [0.25, 0.3) is 10.2 Å². The van der Waals surface area contributed by atoms with Crippen LogP contribution in [0.1, 0.15) is 17.5 Å². The zero-order chi connectivity index (χ0) is 20.3. The highest BCUT2D eigenvalue weighted by molar-refractivity contribution is 7.86. The van der Waals surface area contributed by atoms with Crippen LogP contribution in [0.5, 0.6) is 5.75 Å². The number of halogens is 1. The fraction of sp³-hybridized carbons (Fsp3) is 0.500. The van der Waals surface area contributed by atoms with Gasteiger partial charge in [0.15, 0.2) is 0 Å². The summed E-state index contributed by atoms with van der Waals surface area (Å²) in [4.78, 5) is 0. The van der Waals surface area contributed by atoms with Crippen LogP contribution in [0.3, 0.4) is 0 Å². The lowest BCUT2D eigenvalue weighted by Crippen LogP contribution is -2.47. The molecule has 0 aliphatic carbocycles. The number of nitrogens with zero attached hydrogens (tertiary/aromatic N) is 4. The van der Waals surface area contributed by atoms with Crippen LogP contribution < -0.4 is 4.74 Å². The summed E-state index contributed by atoms with van der Waals surface area (Å²) in [5, 5.41) is 5.18. The van der Waals surface area contributed by atoms with Crippen LogP contribution in [0.15, 0.2) is 30.3 Å². The molecule has 0 saturated carbocycles. The summed E-state index contributed by atoms with van der Waals surface area (Å²) < 4.78 is 40.7. The Morgan fingerprint density at radius 2 is 2.04 bits per heavy atom. The highest BCUT2D eigenvalue weighted by Crippen LogP contribution is 2.24. The molecule has 1 aliphatic rings. The SMILES string of the molecule is CN(C)S(=O)(=O)N1CCO[C@H](c2cc(CCOc3ccc(Cl)cc3)n(C)n2)C1. The standard InChI is InChI=1S/C18H25ClN4O4S/c1-21(2)28(24,25)23-9-11-27-18(13-23)17-12-15(22(3)20-17)8-10-26-16-6-4-14(19)5-7-16/h4-7,12,18H,8-11,13H2,1-3H3/t18-/m0/s1. The van der Waals surface area contributed by atoms with Gasteiger partial charge in [0.1, 0.15) is 11.9 Å². The first-order chi connectivity index (χ1) is 13.3. The molecule has 0 spiro atoms. The van der Waals surface area contributed by atoms with Crippen LogP contribution in [0.4, 0.5) is 0 Å². The summed E-state index contributed by atoms with van der Waals surface area (Å²) in [6, 6.07) is 9.17. The van der Waals surface area contributed by atoms with Gasteiger partial charge in [-0.3, -0.25) is 4.68 Å². The normalized spacial score (nSPS) is 18.5. The highest BCUT2D eigenvalue weighted by atomic mass is 35.5. The predicted molar refractivity (Wildman–Crippen MR) is 107 cm³/mol. The number of hydrogen-bond acceptors (Lipinski definition) is 5. The van der Waals surface area contributed by atoms with Crippen LogP contribution >= 0.6 is 11.6 Å². The van der Waals surface area contributed by atoms with E-state index >= 15 is 0 Å². The number of aromatic nitrogens is 2. The van der Waals surface area contributed by atoms with E-state index in [4.69, 9.17) is 21.1 Å². The molecule has 1 fully saturated rings. The topological polar surface area (TPSA) is 76.9 Å². The van der Waals surface area contributed by atoms with Crippen LogP contribution in [-0.4, -0.2) is 67.2 Å². The van der Waals surface area contributed by atoms with Gasteiger partial charge in [-0.15, -0.1) is 0 Å². The third-order valence-corrected chi connectivity index (χ3v) is 6.74. The van der Waals surface area contributed by atoms with Crippen molar-refractivity contribution in [3.8, 4) is 5.75 Å². The minimum Gasteiger partial charge on any atom is -0.493 e. The molecule has 1 atom stereocenters. The van der Waals surface area contributed by atoms with Gasteiger partial charge in [0.05, 0.1) is 18.9 Å². The van der Waals surface area contributed by atoms with E-state index < -0.39 is 10.2 Å². The molecule has 1 aliphatic heterocycles. The maximum atomic E-state index is 12.4. The Hall–Kier alpha value is -1.65. The number of hydrogen-bond donors (Lipinski definition) is 0. The second kappa shape index (κ2) is 8.79. The molecule has 2 heterocycles. The zero-order valence-electron chi connectivity index (χ0n) is 16.2. The van der Waals surface area contributed by atoms with Crippen molar-refractivity contribution >= 4 is 21.8 Å². The zero-order valence-corrected chi connectivity index (χ0v) is 17.8. The van der Waals surface area contributed by atoms with Gasteiger partial charge in [-0.2, -0.15) is 22.1 Å². The Morgan fingerprint density at radius 1 is 1.32 bits per heavy atom. The molecule has 2 aromatic rings. The Balaban J connectivity index is 1.62. The molecule has 0 amide bonds. The van der Waals surface area contributed by atoms with Gasteiger partial charge in [-0.1, -0.05) is 11.6 Å². The fourth-order valence-electron chi connectivity index (χ4n) is 2.97. The van der Waals surface area contributed by atoms with Gasteiger partial charge in [0.2, 0.25) is 0 Å². The Bertz CT molecular complexity index is 899. The van der Waals surface area contributed by atoms with E-state index in [-0.39, 0.29) is 12.6 Å². The minimum absolute atomic E-state index is 0.248. The summed E-state index contributed by atoms with van der Waals surface area (Å²) in [6.07, 6.45) is 0.277. The molecule has 1 saturated heterocycles. The summed E-state index contributed by atoms with van der Waals surface area (Å²) in [6.45, 7) is 1.42. The summed E-state index contributed by atoms with van der Waals surface area (Å²) in [5.41, 5.74) is 1.71. The molecule has 1 aromatic carbocycles. The molecule has 8 nitrogen and oxygen atoms in total. The van der Waals surface area contributed by atoms with E-state index in [0.717, 1.165) is 17.1 Å². The van der Waals surface area contributed by atoms with Crippen LogP contribution in [0.2, 0.25) is 5.02 Å². The molecular weight excluding hydrogens is 404 g/mol. The van der Waals surface area contributed by atoms with Crippen molar-refractivity contribution in [3.63, 3.8) is 0 Å². The first-order valence-corrected chi connectivity index (χ1v) is 10.8. The van der Waals surface area contributed by atoms with Crippen molar-refractivity contribution in [1.82, 2.24) is 18.4 Å². The second-order valence-corrected chi connectivity index (χ2v) is 9.32. The molecule has 154 valence electrons. The van der Waals surface area contributed by atoms with Crippen molar-refractivity contribution in [2.45, 2.75) is 12.5 Å². The van der Waals surface area contributed by atoms with Gasteiger partial charge in [0, 0.05) is 51.4 Å². The molecule has 0 bridgehead atoms. The first kappa shape index (κ1) is 21.1. The summed E-state index contributed by atoms with van der Waals surface area (Å²) in [7, 11) is 1.44. The molecule has 10 heteroatoms. The maximum absolute atomic E-state index is 12.4. The average Bonchev–Trinajstić information content (AvgIpc) is 3.04. The lowest BCUT2D eigenvalue weighted by molar-refractivity contribution is -0.00649. The Kier molecular flexibility index (Phi) is 6.61. The molecule has 0 N–H and O–H groups in total. The molecular formula is C18H25ClN4O4S. The van der Waals surface area contributed by atoms with Gasteiger partial charge >= 0.3 is 0 Å². The molecule has 3 rings (SSSR count). The number of aryl methyl sites for hydroxylation is 1. The number of morpholine rings is 1. The maximum Gasteiger partial charge on any atom is 0.281 e. The lowest BCUT2D eigenvalue weighted by atomic mass is 10.2. The van der Waals surface area contributed by atoms with Crippen molar-refractivity contribution in [2.75, 3.05) is 40.4 Å². The third kappa shape index (κ3) is 4.84. The fourth-order valence-corrected chi connectivity index (χ4v) is 4.19. The minimum atomic E-state index is -3.47. The molecule has 0 unspecified atom stereocenters. The summed E-state index contributed by atoms with van der Waals surface area (Å²) >= 11 is 5.87. The van der Waals surface area contributed by atoms with Crippen LogP contribution in [0.25, 0.3) is 0 Å². The predicted octanol–water partition coefficient (Wildman–Crippen LogP) is 1.87.